The number of aliphatic imine (C=N–C) groups is 2. The number of fused-ring (bicyclic) bond motifs is 2. The highest BCUT2D eigenvalue weighted by Crippen LogP contribution is 2.34. The first-order chi connectivity index (χ1) is 18.2. The zero-order valence-corrected chi connectivity index (χ0v) is 21.0. The molecule has 0 atom stereocenters. The molecule has 0 saturated heterocycles. The maximum Gasteiger partial charge on any atom is 0.100 e. The van der Waals surface area contributed by atoms with Crippen LogP contribution in [-0.2, 0) is 12.8 Å². The van der Waals surface area contributed by atoms with Gasteiger partial charge in [0.2, 0.25) is 0 Å². The minimum absolute atomic E-state index is 0.863. The Morgan fingerprint density at radius 2 is 1.03 bits per heavy atom. The fourth-order valence-corrected chi connectivity index (χ4v) is 5.18. The summed E-state index contributed by atoms with van der Waals surface area (Å²) >= 11 is 0. The second-order valence-electron chi connectivity index (χ2n) is 9.18. The number of benzene rings is 4. The van der Waals surface area contributed by atoms with E-state index in [1.54, 1.807) is 0 Å². The molecule has 0 unspecified atom stereocenters. The van der Waals surface area contributed by atoms with E-state index in [9.17, 15) is 0 Å². The van der Waals surface area contributed by atoms with Crippen molar-refractivity contribution in [3.05, 3.63) is 108 Å². The molecule has 0 fully saturated rings. The number of nitrogens with one attached hydrogen (secondary N) is 2. The number of nitrogens with zero attached hydrogens (tertiary/aromatic N) is 2. The summed E-state index contributed by atoms with van der Waals surface area (Å²) in [6.45, 7) is 4.33. The highest BCUT2D eigenvalue weighted by atomic mass is 14.8. The standard InChI is InChI=1S/C33H28N4/c1-3-24-26(32-19-22-11-5-7-15-28(22)36-32)13-9-17-30(24)34-21-35-31-18-10-14-27(25(31)4-2)33-20-23-12-6-8-16-29(23)37-33/h5-20,36-37H,3-4H2,1-2H3. The predicted molar refractivity (Wildman–Crippen MR) is 155 cm³/mol. The molecule has 37 heavy (non-hydrogen) atoms. The maximum atomic E-state index is 4.69. The van der Waals surface area contributed by atoms with Gasteiger partial charge in [-0.1, -0.05) is 74.5 Å². The maximum absolute atomic E-state index is 4.69. The van der Waals surface area contributed by atoms with E-state index in [-0.39, 0.29) is 0 Å². The fraction of sp³-hybridized carbons (Fsp3) is 0.121. The molecule has 0 bridgehead atoms. The number of rotatable bonds is 6. The molecule has 4 aromatic carbocycles. The Kier molecular flexibility index (Phi) is 6.02. The molecule has 180 valence electrons. The summed E-state index contributed by atoms with van der Waals surface area (Å²) in [6, 6.07) is 36.6. The van der Waals surface area contributed by atoms with Gasteiger partial charge in [-0.3, -0.25) is 0 Å². The number of hydrogen-bond acceptors (Lipinski definition) is 2. The third-order valence-electron chi connectivity index (χ3n) is 6.99. The van der Waals surface area contributed by atoms with Crippen molar-refractivity contribution >= 4 is 39.2 Å². The second-order valence-corrected chi connectivity index (χ2v) is 9.18. The lowest BCUT2D eigenvalue weighted by atomic mass is 10.0. The third-order valence-corrected chi connectivity index (χ3v) is 6.99. The van der Waals surface area contributed by atoms with Crippen molar-refractivity contribution in [1.82, 2.24) is 9.97 Å². The lowest BCUT2D eigenvalue weighted by Gasteiger charge is -2.09. The van der Waals surface area contributed by atoms with E-state index < -0.39 is 0 Å². The number of aromatic nitrogens is 2. The summed E-state index contributed by atoms with van der Waals surface area (Å²) in [7, 11) is 0. The number of hydrogen-bond donors (Lipinski definition) is 2. The number of H-pyrrole nitrogens is 2. The Balaban J connectivity index is 1.37. The molecule has 6 rings (SSSR count). The van der Waals surface area contributed by atoms with Gasteiger partial charge in [0.25, 0.3) is 0 Å². The van der Waals surface area contributed by atoms with Crippen LogP contribution in [0.25, 0.3) is 44.3 Å². The first-order valence-corrected chi connectivity index (χ1v) is 12.8. The quantitative estimate of drug-likeness (QED) is 0.223. The van der Waals surface area contributed by atoms with Crippen molar-refractivity contribution in [3.63, 3.8) is 0 Å². The van der Waals surface area contributed by atoms with Gasteiger partial charge in [-0.05, 0) is 60.4 Å². The average Bonchev–Trinajstić information content (AvgIpc) is 3.57. The molecule has 0 aliphatic heterocycles. The first kappa shape index (κ1) is 22.8. The van der Waals surface area contributed by atoms with Crippen LogP contribution in [0.15, 0.2) is 107 Å². The summed E-state index contributed by atoms with van der Waals surface area (Å²) in [5, 5.41) is 2.41. The molecule has 0 aliphatic carbocycles. The van der Waals surface area contributed by atoms with Gasteiger partial charge in [-0.25, -0.2) is 0 Å². The molecular weight excluding hydrogens is 452 g/mol. The van der Waals surface area contributed by atoms with Gasteiger partial charge in [0.1, 0.15) is 6.01 Å². The Hall–Kier alpha value is -4.66. The predicted octanol–water partition coefficient (Wildman–Crippen LogP) is 9.25. The Morgan fingerprint density at radius 1 is 0.568 bits per heavy atom. The van der Waals surface area contributed by atoms with Crippen LogP contribution < -0.4 is 0 Å². The normalized spacial score (nSPS) is 11.1. The van der Waals surface area contributed by atoms with Crippen molar-refractivity contribution in [2.75, 3.05) is 0 Å². The fourth-order valence-electron chi connectivity index (χ4n) is 5.18. The Morgan fingerprint density at radius 3 is 1.46 bits per heavy atom. The van der Waals surface area contributed by atoms with Gasteiger partial charge >= 0.3 is 0 Å². The molecule has 0 saturated carbocycles. The summed E-state index contributed by atoms with van der Waals surface area (Å²) in [5.74, 6) is 0. The second kappa shape index (κ2) is 9.77. The smallest absolute Gasteiger partial charge is 0.100 e. The monoisotopic (exact) mass is 480 g/mol. The minimum atomic E-state index is 0.863. The van der Waals surface area contributed by atoms with Gasteiger partial charge in [0.05, 0.1) is 11.4 Å². The lowest BCUT2D eigenvalue weighted by molar-refractivity contribution is 1.13. The molecule has 0 radical (unpaired) electrons. The molecular formula is C33H28N4. The zero-order chi connectivity index (χ0) is 25.2. The van der Waals surface area contributed by atoms with E-state index >= 15 is 0 Å². The van der Waals surface area contributed by atoms with Crippen LogP contribution in [0.4, 0.5) is 11.4 Å². The molecule has 4 nitrogen and oxygen atoms in total. The van der Waals surface area contributed by atoms with Crippen LogP contribution in [-0.4, -0.2) is 16.0 Å². The van der Waals surface area contributed by atoms with Crippen molar-refractivity contribution in [2.24, 2.45) is 9.98 Å². The molecule has 2 aromatic heterocycles. The van der Waals surface area contributed by atoms with Gasteiger partial charge < -0.3 is 9.97 Å². The van der Waals surface area contributed by atoms with Gasteiger partial charge in [-0.15, -0.1) is 0 Å². The third kappa shape index (κ3) is 4.29. The van der Waals surface area contributed by atoms with Crippen LogP contribution in [0, 0.1) is 0 Å². The average molecular weight is 481 g/mol. The Bertz CT molecular complexity index is 1600. The van der Waals surface area contributed by atoms with Gasteiger partial charge in [0.15, 0.2) is 0 Å². The molecule has 2 N–H and O–H groups in total. The first-order valence-electron chi connectivity index (χ1n) is 12.8. The molecule has 0 amide bonds. The van der Waals surface area contributed by atoms with Gasteiger partial charge in [0, 0.05) is 44.3 Å². The minimum Gasteiger partial charge on any atom is -0.355 e. The molecule has 6 aromatic rings. The van der Waals surface area contributed by atoms with Crippen LogP contribution >= 0.6 is 0 Å². The van der Waals surface area contributed by atoms with Crippen molar-refractivity contribution in [2.45, 2.75) is 26.7 Å². The molecule has 0 aliphatic rings. The van der Waals surface area contributed by atoms with Crippen molar-refractivity contribution in [3.8, 4) is 22.5 Å². The Labute approximate surface area is 216 Å². The summed E-state index contributed by atoms with van der Waals surface area (Å²) in [6.07, 6.45) is 1.73. The van der Waals surface area contributed by atoms with Crippen LogP contribution in [0.3, 0.4) is 0 Å². The van der Waals surface area contributed by atoms with E-state index in [0.29, 0.717) is 0 Å². The van der Waals surface area contributed by atoms with E-state index in [4.69, 9.17) is 0 Å². The van der Waals surface area contributed by atoms with E-state index in [1.165, 1.54) is 21.9 Å². The molecule has 4 heteroatoms. The van der Waals surface area contributed by atoms with Crippen LogP contribution in [0.2, 0.25) is 0 Å². The summed E-state index contributed by atoms with van der Waals surface area (Å²) in [5.41, 5.74) is 11.0. The highest BCUT2D eigenvalue weighted by molar-refractivity contribution is 5.88. The van der Waals surface area contributed by atoms with E-state index in [2.05, 4.69) is 125 Å². The van der Waals surface area contributed by atoms with Crippen LogP contribution in [0.5, 0.6) is 0 Å². The topological polar surface area (TPSA) is 56.3 Å². The molecule has 0 spiro atoms. The number of aromatic amines is 2. The zero-order valence-electron chi connectivity index (χ0n) is 21.0. The van der Waals surface area contributed by atoms with Crippen molar-refractivity contribution < 1.29 is 0 Å². The summed E-state index contributed by atoms with van der Waals surface area (Å²) < 4.78 is 0. The van der Waals surface area contributed by atoms with Gasteiger partial charge in [-0.2, -0.15) is 9.98 Å². The largest absolute Gasteiger partial charge is 0.355 e. The highest BCUT2D eigenvalue weighted by Gasteiger charge is 2.12. The van der Waals surface area contributed by atoms with E-state index in [0.717, 1.165) is 57.8 Å². The molecule has 2 heterocycles. The summed E-state index contributed by atoms with van der Waals surface area (Å²) in [4.78, 5) is 16.5. The SMILES string of the molecule is CCc1c(N=C=Nc2cccc(-c3cc4ccccc4[nH]3)c2CC)cccc1-c1cc2ccccc2[nH]1. The van der Waals surface area contributed by atoms with Crippen LogP contribution in [0.1, 0.15) is 25.0 Å². The number of para-hydroxylation sites is 2. The van der Waals surface area contributed by atoms with Crippen molar-refractivity contribution in [1.29, 1.82) is 0 Å². The lowest BCUT2D eigenvalue weighted by Crippen LogP contribution is -1.89. The van der Waals surface area contributed by atoms with E-state index in [1.807, 2.05) is 12.1 Å².